The monoisotopic (exact) mass is 964 g/mol. The first kappa shape index (κ1) is 42.7. The molecule has 0 N–H and O–H groups in total. The molecule has 0 atom stereocenters. The molecule has 16 rings (SSSR count). The lowest BCUT2D eigenvalue weighted by molar-refractivity contribution is 0.769. The highest BCUT2D eigenvalue weighted by atomic mass is 15.0. The summed E-state index contributed by atoms with van der Waals surface area (Å²) in [5, 5.41) is 4.94. The summed E-state index contributed by atoms with van der Waals surface area (Å²) in [6.45, 7) is 0. The number of benzene rings is 12. The lowest BCUT2D eigenvalue weighted by Gasteiger charge is -2.34. The lowest BCUT2D eigenvalue weighted by Crippen LogP contribution is -2.28. The fourth-order valence-corrected chi connectivity index (χ4v) is 14.0. The van der Waals surface area contributed by atoms with Crippen LogP contribution in [0.5, 0.6) is 0 Å². The van der Waals surface area contributed by atoms with Crippen molar-refractivity contribution in [2.24, 2.45) is 0 Å². The van der Waals surface area contributed by atoms with Gasteiger partial charge < -0.3 is 9.13 Å². The number of nitrogens with zero attached hydrogens (tertiary/aromatic N) is 2. The highest BCUT2D eigenvalue weighted by Gasteiger charge is 2.48. The van der Waals surface area contributed by atoms with Crippen molar-refractivity contribution in [1.29, 1.82) is 0 Å². The van der Waals surface area contributed by atoms with Crippen molar-refractivity contribution in [3.05, 3.63) is 336 Å². The molecule has 0 spiro atoms. The molecule has 2 nitrogen and oxygen atoms in total. The van der Waals surface area contributed by atoms with E-state index in [1.807, 2.05) is 0 Å². The van der Waals surface area contributed by atoms with Crippen LogP contribution in [-0.4, -0.2) is 9.13 Å². The van der Waals surface area contributed by atoms with Crippen LogP contribution in [0.1, 0.15) is 44.5 Å². The summed E-state index contributed by atoms with van der Waals surface area (Å²) >= 11 is 0. The van der Waals surface area contributed by atoms with E-state index in [9.17, 15) is 0 Å². The minimum absolute atomic E-state index is 0.507. The second-order valence-electron chi connectivity index (χ2n) is 20.7. The standard InChI is InChI=1S/C74H48N2/c1-7-23-51(24-8-1)73(52-25-9-2-10-26-52)65-37-21-19-35-57(65)59-45-63-61-43-49(39-41-69(61)75(71(63)47-67(59)73)55-31-15-5-16-32-55)50-40-42-70-62(44-50)64-46-60-58-36-20-22-38-66(58)74(53-27-11-3-12-28-53,54-29-13-4-14-30-54)68(60)48-72(64)76(70)56-33-17-6-18-34-56/h1-48H. The van der Waals surface area contributed by atoms with Crippen molar-refractivity contribution >= 4 is 43.6 Å². The SMILES string of the molecule is c1ccc(-n2c3ccc(-c4ccc5c(c4)c4cc6c(cc4n5-c4ccccc4)C(c4ccccc4)(c4ccccc4)c4ccccc4-6)cc3c3cc4c(cc32)C(c2ccccc2)(c2ccccc2)c2ccccc2-4)cc1. The number of para-hydroxylation sites is 2. The molecular formula is C74H48N2. The van der Waals surface area contributed by atoms with Crippen molar-refractivity contribution in [1.82, 2.24) is 9.13 Å². The van der Waals surface area contributed by atoms with E-state index in [0.717, 1.165) is 11.4 Å². The van der Waals surface area contributed by atoms with Gasteiger partial charge in [-0.2, -0.15) is 0 Å². The molecule has 2 heterocycles. The van der Waals surface area contributed by atoms with E-state index in [-0.39, 0.29) is 0 Å². The van der Waals surface area contributed by atoms with Gasteiger partial charge in [-0.3, -0.25) is 0 Å². The van der Waals surface area contributed by atoms with E-state index in [4.69, 9.17) is 0 Å². The molecule has 0 saturated carbocycles. The Morgan fingerprint density at radius 1 is 0.211 bits per heavy atom. The van der Waals surface area contributed by atoms with Crippen LogP contribution in [0.4, 0.5) is 0 Å². The van der Waals surface area contributed by atoms with Crippen molar-refractivity contribution in [2.75, 3.05) is 0 Å². The fourth-order valence-electron chi connectivity index (χ4n) is 14.0. The van der Waals surface area contributed by atoms with E-state index >= 15 is 0 Å². The van der Waals surface area contributed by atoms with Gasteiger partial charge in [0.15, 0.2) is 0 Å². The zero-order valence-corrected chi connectivity index (χ0v) is 41.6. The first-order valence-electron chi connectivity index (χ1n) is 26.5. The average Bonchev–Trinajstić information content (AvgIpc) is 4.35. The van der Waals surface area contributed by atoms with Gasteiger partial charge in [0, 0.05) is 32.9 Å². The Labute approximate surface area is 441 Å². The van der Waals surface area contributed by atoms with Gasteiger partial charge in [-0.15, -0.1) is 0 Å². The number of rotatable bonds is 7. The summed E-state index contributed by atoms with van der Waals surface area (Å²) in [4.78, 5) is 0. The number of hydrogen-bond donors (Lipinski definition) is 0. The van der Waals surface area contributed by atoms with Crippen LogP contribution >= 0.6 is 0 Å². The Bertz CT molecular complexity index is 4210. The Morgan fingerprint density at radius 2 is 0.513 bits per heavy atom. The van der Waals surface area contributed by atoms with Crippen LogP contribution in [0, 0.1) is 0 Å². The molecule has 14 aromatic rings. The van der Waals surface area contributed by atoms with Gasteiger partial charge in [0.05, 0.1) is 32.9 Å². The summed E-state index contributed by atoms with van der Waals surface area (Å²) < 4.78 is 4.97. The predicted molar refractivity (Wildman–Crippen MR) is 315 cm³/mol. The maximum Gasteiger partial charge on any atom is 0.0714 e. The summed E-state index contributed by atoms with van der Waals surface area (Å²) in [6, 6.07) is 109. The van der Waals surface area contributed by atoms with Gasteiger partial charge in [0.1, 0.15) is 0 Å². The smallest absolute Gasteiger partial charge is 0.0714 e. The molecule has 0 aliphatic heterocycles. The molecule has 0 saturated heterocycles. The Morgan fingerprint density at radius 3 is 0.868 bits per heavy atom. The molecule has 354 valence electrons. The largest absolute Gasteiger partial charge is 0.309 e. The number of hydrogen-bond acceptors (Lipinski definition) is 0. The van der Waals surface area contributed by atoms with Crippen LogP contribution in [0.25, 0.3) is 88.4 Å². The third-order valence-corrected chi connectivity index (χ3v) is 17.0. The van der Waals surface area contributed by atoms with E-state index in [2.05, 4.69) is 300 Å². The molecule has 0 unspecified atom stereocenters. The van der Waals surface area contributed by atoms with Crippen molar-refractivity contribution in [3.8, 4) is 44.8 Å². The third kappa shape index (κ3) is 5.81. The molecular weight excluding hydrogens is 917 g/mol. The van der Waals surface area contributed by atoms with Crippen molar-refractivity contribution < 1.29 is 0 Å². The molecule has 0 amide bonds. The summed E-state index contributed by atoms with van der Waals surface area (Å²) in [6.07, 6.45) is 0. The second kappa shape index (κ2) is 16.4. The molecule has 2 aliphatic rings. The van der Waals surface area contributed by atoms with Gasteiger partial charge in [-0.1, -0.05) is 218 Å². The van der Waals surface area contributed by atoms with E-state index in [1.165, 1.54) is 122 Å². The third-order valence-electron chi connectivity index (χ3n) is 17.0. The summed E-state index contributed by atoms with van der Waals surface area (Å²) in [5.74, 6) is 0. The maximum atomic E-state index is 2.52. The van der Waals surface area contributed by atoms with Crippen LogP contribution in [0.15, 0.2) is 291 Å². The van der Waals surface area contributed by atoms with Gasteiger partial charge >= 0.3 is 0 Å². The Hall–Kier alpha value is -9.76. The summed E-state index contributed by atoms with van der Waals surface area (Å²) in [7, 11) is 0. The maximum absolute atomic E-state index is 2.52. The number of fused-ring (bicyclic) bond motifs is 12. The highest BCUT2D eigenvalue weighted by Crippen LogP contribution is 2.59. The fraction of sp³-hybridized carbons (Fsp3) is 0.0270. The molecule has 0 fully saturated rings. The van der Waals surface area contributed by atoms with Crippen LogP contribution in [-0.2, 0) is 10.8 Å². The molecule has 2 aliphatic carbocycles. The average molecular weight is 965 g/mol. The molecule has 12 aromatic carbocycles. The molecule has 2 aromatic heterocycles. The Balaban J connectivity index is 0.949. The highest BCUT2D eigenvalue weighted by molar-refractivity contribution is 6.15. The Kier molecular flexibility index (Phi) is 9.20. The lowest BCUT2D eigenvalue weighted by atomic mass is 9.67. The van der Waals surface area contributed by atoms with Crippen molar-refractivity contribution in [3.63, 3.8) is 0 Å². The van der Waals surface area contributed by atoms with Gasteiger partial charge in [-0.05, 0) is 151 Å². The van der Waals surface area contributed by atoms with Crippen LogP contribution in [0.2, 0.25) is 0 Å². The van der Waals surface area contributed by atoms with Gasteiger partial charge in [-0.25, -0.2) is 0 Å². The normalized spacial score (nSPS) is 13.7. The van der Waals surface area contributed by atoms with E-state index < -0.39 is 10.8 Å². The molecule has 76 heavy (non-hydrogen) atoms. The predicted octanol–water partition coefficient (Wildman–Crippen LogP) is 18.3. The zero-order valence-electron chi connectivity index (χ0n) is 41.6. The minimum Gasteiger partial charge on any atom is -0.309 e. The zero-order chi connectivity index (χ0) is 50.0. The first-order chi connectivity index (χ1) is 37.7. The summed E-state index contributed by atoms with van der Waals surface area (Å²) in [5.41, 5.74) is 23.8. The van der Waals surface area contributed by atoms with Crippen LogP contribution < -0.4 is 0 Å². The minimum atomic E-state index is -0.507. The van der Waals surface area contributed by atoms with Crippen molar-refractivity contribution in [2.45, 2.75) is 10.8 Å². The molecule has 0 radical (unpaired) electrons. The van der Waals surface area contributed by atoms with Crippen LogP contribution in [0.3, 0.4) is 0 Å². The van der Waals surface area contributed by atoms with E-state index in [1.54, 1.807) is 0 Å². The number of aromatic nitrogens is 2. The topological polar surface area (TPSA) is 9.86 Å². The quantitative estimate of drug-likeness (QED) is 0.151. The van der Waals surface area contributed by atoms with E-state index in [0.29, 0.717) is 0 Å². The first-order valence-corrected chi connectivity index (χ1v) is 26.5. The van der Waals surface area contributed by atoms with Gasteiger partial charge in [0.25, 0.3) is 0 Å². The molecule has 0 bridgehead atoms. The second-order valence-corrected chi connectivity index (χ2v) is 20.7. The molecule has 2 heteroatoms. The van der Waals surface area contributed by atoms with Gasteiger partial charge in [0.2, 0.25) is 0 Å².